The van der Waals surface area contributed by atoms with Crippen LogP contribution < -0.4 is 0 Å². The van der Waals surface area contributed by atoms with E-state index in [0.29, 0.717) is 17.9 Å². The quantitative estimate of drug-likeness (QED) is 0.617. The minimum atomic E-state index is -1.03. The van der Waals surface area contributed by atoms with E-state index in [-0.39, 0.29) is 0 Å². The lowest BCUT2D eigenvalue weighted by Gasteiger charge is -2.01. The van der Waals surface area contributed by atoms with Crippen molar-refractivity contribution in [3.05, 3.63) is 29.6 Å². The highest BCUT2D eigenvalue weighted by Crippen LogP contribution is 2.10. The first-order valence-electron chi connectivity index (χ1n) is 4.79. The molecular formula is C11H13NO4. The monoisotopic (exact) mass is 223 g/mol. The summed E-state index contributed by atoms with van der Waals surface area (Å²) in [5, 5.41) is 8.46. The molecule has 1 N–H and O–H groups in total. The molecule has 0 spiro atoms. The second-order valence-electron chi connectivity index (χ2n) is 3.16. The van der Waals surface area contributed by atoms with E-state index in [1.165, 1.54) is 6.08 Å². The van der Waals surface area contributed by atoms with Crippen LogP contribution in [0.25, 0.3) is 6.08 Å². The number of esters is 1. The highest BCUT2D eigenvalue weighted by Gasteiger charge is 2.11. The Labute approximate surface area is 92.9 Å². The van der Waals surface area contributed by atoms with Gasteiger partial charge in [0.1, 0.15) is 5.69 Å². The number of carboxylic acid groups (broad SMARTS) is 1. The molecule has 0 bridgehead atoms. The number of aromatic nitrogens is 1. The van der Waals surface area contributed by atoms with Crippen molar-refractivity contribution in [1.82, 2.24) is 4.57 Å². The molecule has 0 aliphatic carbocycles. The van der Waals surface area contributed by atoms with E-state index in [4.69, 9.17) is 9.84 Å². The third-order valence-corrected chi connectivity index (χ3v) is 1.93. The van der Waals surface area contributed by atoms with Crippen molar-refractivity contribution < 1.29 is 19.4 Å². The molecule has 0 radical (unpaired) electrons. The average molecular weight is 223 g/mol. The number of carboxylic acids is 1. The molecule has 0 fully saturated rings. The second kappa shape index (κ2) is 5.16. The molecule has 0 aliphatic heterocycles. The summed E-state index contributed by atoms with van der Waals surface area (Å²) in [6.45, 7) is 2.04. The van der Waals surface area contributed by atoms with Gasteiger partial charge in [-0.05, 0) is 24.6 Å². The lowest BCUT2D eigenvalue weighted by atomic mass is 10.3. The minimum Gasteiger partial charge on any atom is -0.478 e. The van der Waals surface area contributed by atoms with Gasteiger partial charge in [-0.3, -0.25) is 0 Å². The Kier molecular flexibility index (Phi) is 3.88. The molecule has 0 amide bonds. The van der Waals surface area contributed by atoms with E-state index < -0.39 is 11.9 Å². The average Bonchev–Trinajstić information content (AvgIpc) is 2.57. The van der Waals surface area contributed by atoms with Crippen LogP contribution in [0.2, 0.25) is 0 Å². The predicted molar refractivity (Wildman–Crippen MR) is 58.0 cm³/mol. The molecule has 1 heterocycles. The van der Waals surface area contributed by atoms with Gasteiger partial charge in [-0.25, -0.2) is 9.59 Å². The summed E-state index contributed by atoms with van der Waals surface area (Å²) in [6.07, 6.45) is 4.10. The lowest BCUT2D eigenvalue weighted by molar-refractivity contribution is -0.131. The van der Waals surface area contributed by atoms with Crippen LogP contribution in [0, 0.1) is 0 Å². The Bertz CT molecular complexity index is 431. The van der Waals surface area contributed by atoms with Gasteiger partial charge in [0.05, 0.1) is 6.61 Å². The Morgan fingerprint density at radius 3 is 2.81 bits per heavy atom. The maximum atomic E-state index is 11.4. The zero-order chi connectivity index (χ0) is 12.1. The molecule has 0 aliphatic rings. The van der Waals surface area contributed by atoms with E-state index in [0.717, 1.165) is 6.08 Å². The van der Waals surface area contributed by atoms with Gasteiger partial charge in [0.25, 0.3) is 0 Å². The summed E-state index contributed by atoms with van der Waals surface area (Å²) in [5.41, 5.74) is 1.04. The van der Waals surface area contributed by atoms with Gasteiger partial charge in [-0.15, -0.1) is 0 Å². The number of rotatable bonds is 4. The van der Waals surface area contributed by atoms with Crippen molar-refractivity contribution >= 4 is 18.0 Å². The number of ether oxygens (including phenoxy) is 1. The fourth-order valence-electron chi connectivity index (χ4n) is 1.26. The molecule has 0 saturated carbocycles. The molecule has 0 saturated heterocycles. The van der Waals surface area contributed by atoms with Crippen LogP contribution in [-0.2, 0) is 16.6 Å². The van der Waals surface area contributed by atoms with Gasteiger partial charge in [-0.1, -0.05) is 0 Å². The first-order chi connectivity index (χ1) is 7.54. The molecule has 0 unspecified atom stereocenters. The van der Waals surface area contributed by atoms with E-state index >= 15 is 0 Å². The summed E-state index contributed by atoms with van der Waals surface area (Å²) in [7, 11) is 1.70. The summed E-state index contributed by atoms with van der Waals surface area (Å²) in [5.74, 6) is -1.44. The van der Waals surface area contributed by atoms with Crippen LogP contribution in [-0.4, -0.2) is 28.2 Å². The van der Waals surface area contributed by atoms with Gasteiger partial charge >= 0.3 is 11.9 Å². The molecule has 0 atom stereocenters. The van der Waals surface area contributed by atoms with Crippen molar-refractivity contribution in [3.8, 4) is 0 Å². The third kappa shape index (κ3) is 2.98. The molecule has 1 aromatic rings. The van der Waals surface area contributed by atoms with Crippen LogP contribution >= 0.6 is 0 Å². The molecule has 5 heteroatoms. The summed E-state index contributed by atoms with van der Waals surface area (Å²) >= 11 is 0. The second-order valence-corrected chi connectivity index (χ2v) is 3.16. The zero-order valence-electron chi connectivity index (χ0n) is 9.14. The molecule has 86 valence electrons. The number of carbonyl (C=O) groups is 2. The Morgan fingerprint density at radius 1 is 1.56 bits per heavy atom. The van der Waals surface area contributed by atoms with Gasteiger partial charge in [0, 0.05) is 19.3 Å². The Balaban J connectivity index is 2.89. The predicted octanol–water partition coefficient (Wildman–Crippen LogP) is 1.30. The highest BCUT2D eigenvalue weighted by atomic mass is 16.5. The fourth-order valence-corrected chi connectivity index (χ4v) is 1.26. The summed E-state index contributed by atoms with van der Waals surface area (Å²) in [6, 6.07) is 1.58. The van der Waals surface area contributed by atoms with Gasteiger partial charge in [0.2, 0.25) is 0 Å². The van der Waals surface area contributed by atoms with Crippen molar-refractivity contribution in [2.24, 2.45) is 7.05 Å². The van der Waals surface area contributed by atoms with Crippen molar-refractivity contribution in [1.29, 1.82) is 0 Å². The van der Waals surface area contributed by atoms with E-state index in [2.05, 4.69) is 0 Å². The first-order valence-corrected chi connectivity index (χ1v) is 4.79. The number of nitrogens with zero attached hydrogens (tertiary/aromatic N) is 1. The topological polar surface area (TPSA) is 68.5 Å². The number of hydrogen-bond acceptors (Lipinski definition) is 3. The van der Waals surface area contributed by atoms with Crippen LogP contribution in [0.1, 0.15) is 23.0 Å². The molecule has 1 aromatic heterocycles. The summed E-state index contributed by atoms with van der Waals surface area (Å²) < 4.78 is 6.44. The number of hydrogen-bond donors (Lipinski definition) is 1. The van der Waals surface area contributed by atoms with E-state index in [1.807, 2.05) is 0 Å². The van der Waals surface area contributed by atoms with E-state index in [9.17, 15) is 9.59 Å². The third-order valence-electron chi connectivity index (χ3n) is 1.93. The fraction of sp³-hybridized carbons (Fsp3) is 0.273. The maximum absolute atomic E-state index is 11.4. The zero-order valence-corrected chi connectivity index (χ0v) is 9.14. The highest BCUT2D eigenvalue weighted by molar-refractivity contribution is 5.90. The van der Waals surface area contributed by atoms with Crippen molar-refractivity contribution in [3.63, 3.8) is 0 Å². The van der Waals surface area contributed by atoms with Gasteiger partial charge in [0.15, 0.2) is 0 Å². The van der Waals surface area contributed by atoms with E-state index in [1.54, 1.807) is 30.8 Å². The van der Waals surface area contributed by atoms with Crippen molar-refractivity contribution in [2.75, 3.05) is 6.61 Å². The summed E-state index contributed by atoms with van der Waals surface area (Å²) in [4.78, 5) is 21.7. The number of aryl methyl sites for hydroxylation is 1. The SMILES string of the molecule is CCOC(=O)c1cc(C=CC(=O)O)cn1C. The minimum absolute atomic E-state index is 0.310. The smallest absolute Gasteiger partial charge is 0.354 e. The van der Waals surface area contributed by atoms with Crippen molar-refractivity contribution in [2.45, 2.75) is 6.92 Å². The number of carbonyl (C=O) groups excluding carboxylic acids is 1. The normalized spacial score (nSPS) is 10.6. The Hall–Kier alpha value is -2.04. The molecule has 0 aromatic carbocycles. The number of aliphatic carboxylic acids is 1. The standard InChI is InChI=1S/C11H13NO4/c1-3-16-11(15)9-6-8(7-12(9)2)4-5-10(13)14/h4-7H,3H2,1-2H3,(H,13,14). The molecule has 5 nitrogen and oxygen atoms in total. The molecule has 1 rings (SSSR count). The largest absolute Gasteiger partial charge is 0.478 e. The van der Waals surface area contributed by atoms with Crippen LogP contribution in [0.15, 0.2) is 18.3 Å². The maximum Gasteiger partial charge on any atom is 0.354 e. The van der Waals surface area contributed by atoms with Crippen LogP contribution in [0.3, 0.4) is 0 Å². The Morgan fingerprint density at radius 2 is 2.25 bits per heavy atom. The first kappa shape index (κ1) is 12.0. The molecule has 16 heavy (non-hydrogen) atoms. The van der Waals surface area contributed by atoms with Gasteiger partial charge in [-0.2, -0.15) is 0 Å². The van der Waals surface area contributed by atoms with Gasteiger partial charge < -0.3 is 14.4 Å². The molecular weight excluding hydrogens is 210 g/mol. The van der Waals surface area contributed by atoms with Crippen LogP contribution in [0.4, 0.5) is 0 Å². The lowest BCUT2D eigenvalue weighted by Crippen LogP contribution is -2.08. The van der Waals surface area contributed by atoms with Crippen LogP contribution in [0.5, 0.6) is 0 Å².